The zero-order valence-electron chi connectivity index (χ0n) is 33.5. The van der Waals surface area contributed by atoms with Crippen LogP contribution in [0.2, 0.25) is 0 Å². The van der Waals surface area contributed by atoms with E-state index in [-0.39, 0.29) is 48.3 Å². The molecule has 2 N–H and O–H groups in total. The number of fused-ring (bicyclic) bond motifs is 2. The number of carbonyl (C=O) groups is 4. The van der Waals surface area contributed by atoms with Crippen LogP contribution in [0.5, 0.6) is 0 Å². The molecule has 0 aromatic heterocycles. The molecule has 10 heteroatoms. The predicted molar refractivity (Wildman–Crippen MR) is 218 cm³/mol. The highest BCUT2D eigenvalue weighted by molar-refractivity contribution is 6.41. The highest BCUT2D eigenvalue weighted by atomic mass is 16.5. The molecule has 0 saturated heterocycles. The molecule has 0 radical (unpaired) electrons. The van der Waals surface area contributed by atoms with E-state index in [4.69, 9.17) is 14.9 Å². The van der Waals surface area contributed by atoms with Crippen molar-refractivity contribution in [3.8, 4) is 0 Å². The van der Waals surface area contributed by atoms with E-state index >= 15 is 0 Å². The molecule has 294 valence electrons. The predicted octanol–water partition coefficient (Wildman–Crippen LogP) is 8.22. The number of hydrogen-bond acceptors (Lipinski definition) is 8. The molecule has 2 aliphatic rings. The molecule has 4 amide bonds. The Kier molecular flexibility index (Phi) is 13.6. The van der Waals surface area contributed by atoms with Crippen LogP contribution in [0, 0.1) is 11.8 Å². The van der Waals surface area contributed by atoms with E-state index in [0.717, 1.165) is 51.6 Å². The van der Waals surface area contributed by atoms with Crippen LogP contribution < -0.4 is 0 Å². The Labute approximate surface area is 323 Å². The summed E-state index contributed by atoms with van der Waals surface area (Å²) in [4.78, 5) is 57.5. The molecule has 2 unspecified atom stereocenters. The molecule has 5 aromatic carbocycles. The maximum Gasteiger partial charge on any atom is 0.261 e. The second kappa shape index (κ2) is 18.0. The van der Waals surface area contributed by atoms with Crippen molar-refractivity contribution in [3.05, 3.63) is 70.8 Å². The van der Waals surface area contributed by atoms with Crippen molar-refractivity contribution in [2.45, 2.75) is 86.3 Å². The molecule has 0 saturated carbocycles. The lowest BCUT2D eigenvalue weighted by Gasteiger charge is -2.34. The van der Waals surface area contributed by atoms with Gasteiger partial charge in [0.1, 0.15) is 0 Å². The van der Waals surface area contributed by atoms with Crippen LogP contribution in [0.25, 0.3) is 43.1 Å². The summed E-state index contributed by atoms with van der Waals surface area (Å²) >= 11 is 0. The Morgan fingerprint density at radius 1 is 0.618 bits per heavy atom. The zero-order valence-corrected chi connectivity index (χ0v) is 33.5. The maximum absolute atomic E-state index is 13.7. The van der Waals surface area contributed by atoms with Crippen molar-refractivity contribution in [1.82, 2.24) is 9.80 Å². The van der Waals surface area contributed by atoms with Crippen molar-refractivity contribution in [1.29, 1.82) is 0 Å². The van der Waals surface area contributed by atoms with Gasteiger partial charge in [-0.3, -0.25) is 29.0 Å². The Morgan fingerprint density at radius 2 is 1.05 bits per heavy atom. The number of ether oxygens (including phenoxy) is 2. The second-order valence-corrected chi connectivity index (χ2v) is 15.4. The van der Waals surface area contributed by atoms with Crippen molar-refractivity contribution in [3.63, 3.8) is 0 Å². The number of nitrogens with zero attached hydrogens (tertiary/aromatic N) is 2. The van der Waals surface area contributed by atoms with Crippen molar-refractivity contribution < 1.29 is 38.9 Å². The fraction of sp³-hybridized carbons (Fsp3) is 0.467. The molecule has 2 atom stereocenters. The van der Waals surface area contributed by atoms with Crippen LogP contribution in [0.15, 0.2) is 48.5 Å². The first-order chi connectivity index (χ1) is 26.3. The van der Waals surface area contributed by atoms with E-state index in [1.807, 2.05) is 76.2 Å². The average Bonchev–Trinajstić information content (AvgIpc) is 3.15. The second-order valence-electron chi connectivity index (χ2n) is 15.4. The fourth-order valence-electron chi connectivity index (χ4n) is 7.65. The molecular formula is C45H56N2O8. The summed E-state index contributed by atoms with van der Waals surface area (Å²) in [6.45, 7) is 16.1. The van der Waals surface area contributed by atoms with Crippen LogP contribution in [-0.4, -0.2) is 95.9 Å². The maximum atomic E-state index is 13.7. The highest BCUT2D eigenvalue weighted by Crippen LogP contribution is 2.46. The van der Waals surface area contributed by atoms with Gasteiger partial charge < -0.3 is 19.7 Å². The monoisotopic (exact) mass is 752 g/mol. The third kappa shape index (κ3) is 8.10. The van der Waals surface area contributed by atoms with Gasteiger partial charge in [0.15, 0.2) is 0 Å². The highest BCUT2D eigenvalue weighted by Gasteiger charge is 2.38. The Bertz CT molecular complexity index is 2060. The summed E-state index contributed by atoms with van der Waals surface area (Å²) < 4.78 is 10.1. The van der Waals surface area contributed by atoms with Gasteiger partial charge in [0.25, 0.3) is 23.6 Å². The van der Waals surface area contributed by atoms with E-state index in [9.17, 15) is 19.2 Å². The number of amides is 4. The van der Waals surface area contributed by atoms with Gasteiger partial charge in [-0.1, -0.05) is 65.3 Å². The Balaban J connectivity index is 0.000000422. The summed E-state index contributed by atoms with van der Waals surface area (Å²) in [7, 11) is 1.55. The quantitative estimate of drug-likeness (QED) is 0.0532. The van der Waals surface area contributed by atoms with Crippen LogP contribution in [0.4, 0.5) is 0 Å². The van der Waals surface area contributed by atoms with E-state index in [1.165, 1.54) is 9.80 Å². The number of methoxy groups -OCH3 is 1. The molecule has 0 bridgehead atoms. The molecular weight excluding hydrogens is 697 g/mol. The van der Waals surface area contributed by atoms with Gasteiger partial charge >= 0.3 is 0 Å². The number of aliphatic hydroxyl groups is 2. The molecule has 55 heavy (non-hydrogen) atoms. The van der Waals surface area contributed by atoms with Crippen LogP contribution >= 0.6 is 0 Å². The van der Waals surface area contributed by atoms with Crippen LogP contribution in [0.3, 0.4) is 0 Å². The largest absolute Gasteiger partial charge is 0.394 e. The summed E-state index contributed by atoms with van der Waals surface area (Å²) in [6, 6.07) is 14.8. The zero-order chi connectivity index (χ0) is 40.1. The normalized spacial score (nSPS) is 15.1. The molecule has 0 aliphatic carbocycles. The SMILES string of the molecule is CC(C)CC(C)O.CCCCOCCCN1C(=O)c2ccc3c4ccc5c6c(ccc(c7ccc(c2c37)C1=O)c64)C(=O)N(C(C)C(C)C)C5=O.COCCO. The topological polar surface area (TPSA) is 134 Å². The van der Waals surface area contributed by atoms with E-state index < -0.39 is 0 Å². The number of hydrogen-bond donors (Lipinski definition) is 2. The van der Waals surface area contributed by atoms with Crippen molar-refractivity contribution in [2.24, 2.45) is 11.8 Å². The number of imide groups is 2. The summed E-state index contributed by atoms with van der Waals surface area (Å²) in [5.74, 6) is -0.382. The summed E-state index contributed by atoms with van der Waals surface area (Å²) in [6.07, 6.45) is 3.42. The smallest absolute Gasteiger partial charge is 0.261 e. The van der Waals surface area contributed by atoms with Gasteiger partial charge in [0.2, 0.25) is 0 Å². The molecule has 5 aromatic rings. The minimum Gasteiger partial charge on any atom is -0.394 e. The van der Waals surface area contributed by atoms with Gasteiger partial charge in [-0.2, -0.15) is 0 Å². The lowest BCUT2D eigenvalue weighted by atomic mass is 9.82. The van der Waals surface area contributed by atoms with Gasteiger partial charge in [-0.15, -0.1) is 0 Å². The first-order valence-corrected chi connectivity index (χ1v) is 19.6. The molecule has 2 heterocycles. The fourth-order valence-corrected chi connectivity index (χ4v) is 7.65. The number of carbonyl (C=O) groups excluding carboxylic acids is 4. The number of unbranched alkanes of at least 4 members (excludes halogenated alkanes) is 1. The third-order valence-corrected chi connectivity index (χ3v) is 10.5. The minimum atomic E-state index is -0.290. The molecule has 10 nitrogen and oxygen atoms in total. The van der Waals surface area contributed by atoms with Crippen molar-refractivity contribution in [2.75, 3.05) is 40.1 Å². The minimum absolute atomic E-state index is 0.120. The molecule has 2 aliphatic heterocycles. The number of rotatable bonds is 13. The van der Waals surface area contributed by atoms with Crippen LogP contribution in [0.1, 0.15) is 116 Å². The van der Waals surface area contributed by atoms with Gasteiger partial charge in [0.05, 0.1) is 19.3 Å². The van der Waals surface area contributed by atoms with Gasteiger partial charge in [0, 0.05) is 65.9 Å². The lowest BCUT2D eigenvalue weighted by Crippen LogP contribution is -2.47. The standard InChI is InChI=1S/C36H34N2O5.C6H14O.C3H8O2/c1-5-6-17-43-18-7-16-37-33(39)25-12-8-21-23-10-14-27-32-28(36(42)38(35(27)41)20(4)19(2)3)15-11-24(30(23)32)22-9-13-26(34(37)40)31(25)29(21)22;1-5(2)4-6(3)7;1-5-3-2-4/h8-15,19-20H,5-7,16-18H2,1-4H3;5-7H,4H2,1-3H3;4H,2-3H2,1H3. The molecule has 0 fully saturated rings. The number of aliphatic hydroxyl groups excluding tert-OH is 2. The summed E-state index contributed by atoms with van der Waals surface area (Å²) in [5, 5.41) is 23.3. The Hall–Kier alpha value is -4.48. The first-order valence-electron chi connectivity index (χ1n) is 19.6. The summed E-state index contributed by atoms with van der Waals surface area (Å²) in [5.41, 5.74) is 2.08. The Morgan fingerprint density at radius 3 is 1.38 bits per heavy atom. The van der Waals surface area contributed by atoms with E-state index in [2.05, 4.69) is 25.5 Å². The third-order valence-electron chi connectivity index (χ3n) is 10.5. The first kappa shape index (κ1) is 41.7. The molecule has 7 rings (SSSR count). The van der Waals surface area contributed by atoms with Crippen molar-refractivity contribution >= 4 is 66.7 Å². The van der Waals surface area contributed by atoms with Crippen LogP contribution in [-0.2, 0) is 9.47 Å². The number of benzene rings is 5. The van der Waals surface area contributed by atoms with E-state index in [0.29, 0.717) is 71.7 Å². The molecule has 0 spiro atoms. The average molecular weight is 753 g/mol. The van der Waals surface area contributed by atoms with Gasteiger partial charge in [-0.05, 0) is 102 Å². The van der Waals surface area contributed by atoms with E-state index in [1.54, 1.807) is 7.11 Å². The lowest BCUT2D eigenvalue weighted by molar-refractivity contribution is 0.0509. The van der Waals surface area contributed by atoms with Gasteiger partial charge in [-0.25, -0.2) is 0 Å².